The molecule has 134 valence electrons. The van der Waals surface area contributed by atoms with E-state index in [9.17, 15) is 14.7 Å². The van der Waals surface area contributed by atoms with E-state index in [1.54, 1.807) is 13.1 Å². The Bertz CT molecular complexity index is 491. The van der Waals surface area contributed by atoms with Crippen LogP contribution in [-0.4, -0.2) is 22.8 Å². The number of nitrogens with one attached hydrogen (secondary N) is 1. The van der Waals surface area contributed by atoms with E-state index in [0.29, 0.717) is 32.1 Å². The molecule has 0 radical (unpaired) electrons. The van der Waals surface area contributed by atoms with Crippen molar-refractivity contribution < 1.29 is 14.7 Å². The molecule has 1 aliphatic heterocycles. The molecule has 0 aliphatic carbocycles. The minimum absolute atomic E-state index is 0.168. The molecule has 0 saturated carbocycles. The van der Waals surface area contributed by atoms with E-state index in [1.165, 1.54) is 0 Å². The second-order valence-electron chi connectivity index (χ2n) is 6.28. The summed E-state index contributed by atoms with van der Waals surface area (Å²) in [6.45, 7) is 3.92. The van der Waals surface area contributed by atoms with Crippen molar-refractivity contribution in [2.45, 2.75) is 71.3 Å². The van der Waals surface area contributed by atoms with Gasteiger partial charge in [0.2, 0.25) is 0 Å². The zero-order valence-corrected chi connectivity index (χ0v) is 15.0. The van der Waals surface area contributed by atoms with Crippen molar-refractivity contribution in [3.63, 3.8) is 0 Å². The van der Waals surface area contributed by atoms with Gasteiger partial charge in [0.1, 0.15) is 11.9 Å². The highest BCUT2D eigenvalue weighted by Gasteiger charge is 2.27. The van der Waals surface area contributed by atoms with Crippen LogP contribution in [0.4, 0.5) is 0 Å². The molecule has 2 atom stereocenters. The van der Waals surface area contributed by atoms with Gasteiger partial charge in [0, 0.05) is 24.7 Å². The number of ketones is 2. The highest BCUT2D eigenvalue weighted by Crippen LogP contribution is 2.22. The van der Waals surface area contributed by atoms with Gasteiger partial charge in [-0.2, -0.15) is 0 Å². The molecule has 0 bridgehead atoms. The van der Waals surface area contributed by atoms with Crippen LogP contribution in [0.2, 0.25) is 0 Å². The zero-order chi connectivity index (χ0) is 17.8. The third-order valence-electron chi connectivity index (χ3n) is 4.29. The first-order valence-corrected chi connectivity index (χ1v) is 9.13. The van der Waals surface area contributed by atoms with E-state index < -0.39 is 12.0 Å². The Kier molecular flexibility index (Phi) is 10.0. The Morgan fingerprint density at radius 1 is 1.08 bits per heavy atom. The molecule has 0 aromatic rings. The number of Topliss-reactive ketones (excluding diaryl/α,β-unsaturated/α-hetero) is 2. The Labute approximate surface area is 145 Å². The van der Waals surface area contributed by atoms with Gasteiger partial charge in [-0.15, -0.1) is 0 Å². The third kappa shape index (κ3) is 7.26. The molecule has 24 heavy (non-hydrogen) atoms. The van der Waals surface area contributed by atoms with Gasteiger partial charge < -0.3 is 10.4 Å². The number of hydrogen-bond donors (Lipinski definition) is 2. The minimum atomic E-state index is -0.950. The van der Waals surface area contributed by atoms with E-state index >= 15 is 0 Å². The molecule has 4 nitrogen and oxygen atoms in total. The summed E-state index contributed by atoms with van der Waals surface area (Å²) in [6, 6.07) is 0. The fraction of sp³-hybridized carbons (Fsp3) is 0.600. The molecule has 0 amide bonds. The molecule has 0 saturated heterocycles. The summed E-state index contributed by atoms with van der Waals surface area (Å²) in [5.74, 6) is -0.289. The van der Waals surface area contributed by atoms with Crippen molar-refractivity contribution in [3.8, 4) is 0 Å². The summed E-state index contributed by atoms with van der Waals surface area (Å²) in [6.07, 6.45) is 14.3. The van der Waals surface area contributed by atoms with Crippen LogP contribution < -0.4 is 5.32 Å². The van der Waals surface area contributed by atoms with E-state index in [2.05, 4.69) is 12.2 Å². The molecule has 0 aromatic carbocycles. The summed E-state index contributed by atoms with van der Waals surface area (Å²) < 4.78 is 0. The summed E-state index contributed by atoms with van der Waals surface area (Å²) in [5.41, 5.74) is 0.788. The lowest BCUT2D eigenvalue weighted by atomic mass is 9.89. The topological polar surface area (TPSA) is 66.4 Å². The lowest BCUT2D eigenvalue weighted by Gasteiger charge is -2.21. The van der Waals surface area contributed by atoms with Gasteiger partial charge in [0.15, 0.2) is 5.78 Å². The Morgan fingerprint density at radius 3 is 2.54 bits per heavy atom. The molecule has 1 rings (SSSR count). The monoisotopic (exact) mass is 333 g/mol. The van der Waals surface area contributed by atoms with E-state index in [-0.39, 0.29) is 11.6 Å². The van der Waals surface area contributed by atoms with Crippen molar-refractivity contribution in [2.24, 2.45) is 5.92 Å². The van der Waals surface area contributed by atoms with Crippen molar-refractivity contribution in [2.75, 3.05) is 0 Å². The number of allylic oxidation sites excluding steroid dienone is 5. The van der Waals surface area contributed by atoms with Crippen LogP contribution >= 0.6 is 0 Å². The number of hydrogen-bond acceptors (Lipinski definition) is 4. The number of aliphatic hydroxyl groups is 1. The quantitative estimate of drug-likeness (QED) is 0.533. The first kappa shape index (κ1) is 20.4. The smallest absolute Gasteiger partial charge is 0.170 e. The summed E-state index contributed by atoms with van der Waals surface area (Å²) >= 11 is 0. The van der Waals surface area contributed by atoms with Crippen LogP contribution in [0.25, 0.3) is 0 Å². The average molecular weight is 333 g/mol. The third-order valence-corrected chi connectivity index (χ3v) is 4.29. The molecule has 1 aliphatic rings. The molecule has 2 N–H and O–H groups in total. The highest BCUT2D eigenvalue weighted by molar-refractivity contribution is 5.87. The van der Waals surface area contributed by atoms with Crippen molar-refractivity contribution in [1.29, 1.82) is 0 Å². The van der Waals surface area contributed by atoms with Gasteiger partial charge in [0.25, 0.3) is 0 Å². The first-order chi connectivity index (χ1) is 11.6. The second-order valence-corrected chi connectivity index (χ2v) is 6.28. The number of unbranched alkanes of at least 4 members (excludes halogenated alkanes) is 2. The van der Waals surface area contributed by atoms with Crippen LogP contribution in [0.3, 0.4) is 0 Å². The first-order valence-electron chi connectivity index (χ1n) is 9.13. The Balaban J connectivity index is 2.61. The van der Waals surface area contributed by atoms with Gasteiger partial charge in [-0.25, -0.2) is 0 Å². The van der Waals surface area contributed by atoms with E-state index in [4.69, 9.17) is 0 Å². The molecular formula is C20H31NO3. The van der Waals surface area contributed by atoms with Crippen molar-refractivity contribution in [1.82, 2.24) is 5.32 Å². The maximum absolute atomic E-state index is 12.5. The van der Waals surface area contributed by atoms with Gasteiger partial charge in [-0.05, 0) is 37.8 Å². The lowest BCUT2D eigenvalue weighted by molar-refractivity contribution is -0.130. The number of carbonyl (C=O) groups is 2. The maximum atomic E-state index is 12.5. The van der Waals surface area contributed by atoms with Gasteiger partial charge in [-0.3, -0.25) is 9.59 Å². The molecule has 0 fully saturated rings. The predicted molar refractivity (Wildman–Crippen MR) is 97.3 cm³/mol. The van der Waals surface area contributed by atoms with E-state index in [1.807, 2.05) is 24.3 Å². The molecule has 1 heterocycles. The molecule has 4 heteroatoms. The van der Waals surface area contributed by atoms with Gasteiger partial charge in [0.05, 0.1) is 5.92 Å². The van der Waals surface area contributed by atoms with Gasteiger partial charge in [-0.1, -0.05) is 38.8 Å². The maximum Gasteiger partial charge on any atom is 0.170 e. The minimum Gasteiger partial charge on any atom is -0.385 e. The molecular weight excluding hydrogens is 302 g/mol. The standard InChI is InChI=1S/C20H31NO3/c1-3-5-7-11-16(22)12-10-13-17(20(24)19(23)4-2)18-14-8-6-9-15-21-18/h6,8-9,14-15,17,19,21,23H,3-5,7,10-13H2,1-2H3. The van der Waals surface area contributed by atoms with Gasteiger partial charge >= 0.3 is 0 Å². The van der Waals surface area contributed by atoms with Crippen LogP contribution in [0.15, 0.2) is 36.2 Å². The summed E-state index contributed by atoms with van der Waals surface area (Å²) in [7, 11) is 0. The SMILES string of the molecule is CCCCCC(=O)CCCC(C(=O)C(O)CC)C1=CC=CC=CN1. The normalized spacial score (nSPS) is 16.0. The second kappa shape index (κ2) is 11.8. The highest BCUT2D eigenvalue weighted by atomic mass is 16.3. The Hall–Kier alpha value is -1.68. The zero-order valence-electron chi connectivity index (χ0n) is 15.0. The van der Waals surface area contributed by atoms with Crippen LogP contribution in [0.5, 0.6) is 0 Å². The molecule has 0 aromatic heterocycles. The molecule has 0 spiro atoms. The number of aliphatic hydroxyl groups excluding tert-OH is 1. The number of carbonyl (C=O) groups excluding carboxylic acids is 2. The number of rotatable bonds is 12. The van der Waals surface area contributed by atoms with Crippen LogP contribution in [0, 0.1) is 5.92 Å². The fourth-order valence-electron chi connectivity index (χ4n) is 2.77. The van der Waals surface area contributed by atoms with Crippen molar-refractivity contribution in [3.05, 3.63) is 36.2 Å². The van der Waals surface area contributed by atoms with E-state index in [0.717, 1.165) is 25.0 Å². The molecule has 2 unspecified atom stereocenters. The fourth-order valence-corrected chi connectivity index (χ4v) is 2.77. The average Bonchev–Trinajstić information content (AvgIpc) is 2.87. The predicted octanol–water partition coefficient (Wildman–Crippen LogP) is 3.82. The summed E-state index contributed by atoms with van der Waals surface area (Å²) in [5, 5.41) is 13.1. The van der Waals surface area contributed by atoms with Crippen LogP contribution in [-0.2, 0) is 9.59 Å². The lowest BCUT2D eigenvalue weighted by Crippen LogP contribution is -2.32. The van der Waals surface area contributed by atoms with Crippen molar-refractivity contribution >= 4 is 11.6 Å². The largest absolute Gasteiger partial charge is 0.385 e. The van der Waals surface area contributed by atoms with Crippen LogP contribution in [0.1, 0.15) is 65.2 Å². The Morgan fingerprint density at radius 2 is 1.83 bits per heavy atom. The summed E-state index contributed by atoms with van der Waals surface area (Å²) in [4.78, 5) is 24.4.